The van der Waals surface area contributed by atoms with Gasteiger partial charge in [0.1, 0.15) is 0 Å². The molecule has 0 heterocycles. The first kappa shape index (κ1) is 13.7. The van der Waals surface area contributed by atoms with Gasteiger partial charge in [0.05, 0.1) is 11.4 Å². The van der Waals surface area contributed by atoms with Gasteiger partial charge in [0, 0.05) is 17.0 Å². The summed E-state index contributed by atoms with van der Waals surface area (Å²) >= 11 is 11.7. The minimum Gasteiger partial charge on any atom is -0.274 e. The molecule has 0 fully saturated rings. The Morgan fingerprint density at radius 3 is 1.58 bits per heavy atom. The lowest BCUT2D eigenvalue weighted by atomic mass is 10.2. The van der Waals surface area contributed by atoms with E-state index in [-0.39, 0.29) is 5.91 Å². The SMILES string of the molecule is CC(=O)NN(c1ccc(Cl)cc1)c1ccc(Cl)cc1. The molecule has 2 aromatic rings. The topological polar surface area (TPSA) is 32.3 Å². The Morgan fingerprint density at radius 1 is 0.895 bits per heavy atom. The summed E-state index contributed by atoms with van der Waals surface area (Å²) in [7, 11) is 0. The molecule has 1 N–H and O–H groups in total. The number of hydrazine groups is 1. The number of carbonyl (C=O) groups excluding carboxylic acids is 1. The fraction of sp³-hybridized carbons (Fsp3) is 0.0714. The zero-order valence-electron chi connectivity index (χ0n) is 10.2. The van der Waals surface area contributed by atoms with Crippen molar-refractivity contribution in [3.8, 4) is 0 Å². The smallest absolute Gasteiger partial charge is 0.235 e. The van der Waals surface area contributed by atoms with Crippen molar-refractivity contribution in [2.75, 3.05) is 5.01 Å². The molecule has 0 spiro atoms. The Hall–Kier alpha value is -1.71. The molecule has 0 aliphatic rings. The van der Waals surface area contributed by atoms with Gasteiger partial charge >= 0.3 is 0 Å². The molecule has 3 nitrogen and oxygen atoms in total. The Balaban J connectivity index is 2.37. The third-order valence-electron chi connectivity index (χ3n) is 2.44. The second-order valence-electron chi connectivity index (χ2n) is 3.96. The van der Waals surface area contributed by atoms with Gasteiger partial charge in [-0.15, -0.1) is 0 Å². The van der Waals surface area contributed by atoms with Crippen LogP contribution in [-0.2, 0) is 4.79 Å². The van der Waals surface area contributed by atoms with Crippen molar-refractivity contribution in [3.05, 3.63) is 58.6 Å². The van der Waals surface area contributed by atoms with Crippen molar-refractivity contribution in [3.63, 3.8) is 0 Å². The molecular formula is C14H12Cl2N2O. The Kier molecular flexibility index (Phi) is 4.30. The molecule has 0 bridgehead atoms. The number of carbonyl (C=O) groups is 1. The van der Waals surface area contributed by atoms with Crippen LogP contribution in [-0.4, -0.2) is 5.91 Å². The van der Waals surface area contributed by atoms with Crippen LogP contribution in [0.5, 0.6) is 0 Å². The monoisotopic (exact) mass is 294 g/mol. The second-order valence-corrected chi connectivity index (χ2v) is 4.83. The fourth-order valence-electron chi connectivity index (χ4n) is 1.62. The number of anilines is 2. The molecule has 5 heteroatoms. The summed E-state index contributed by atoms with van der Waals surface area (Å²) in [5, 5.41) is 2.96. The van der Waals surface area contributed by atoms with E-state index in [0.717, 1.165) is 11.4 Å². The van der Waals surface area contributed by atoms with Crippen molar-refractivity contribution in [1.82, 2.24) is 5.43 Å². The fourth-order valence-corrected chi connectivity index (χ4v) is 1.87. The quantitative estimate of drug-likeness (QED) is 0.861. The van der Waals surface area contributed by atoms with Crippen LogP contribution < -0.4 is 10.4 Å². The predicted octanol–water partition coefficient (Wildman–Crippen LogP) is 4.18. The van der Waals surface area contributed by atoms with E-state index in [4.69, 9.17) is 23.2 Å². The number of nitrogens with zero attached hydrogens (tertiary/aromatic N) is 1. The lowest BCUT2D eigenvalue weighted by Crippen LogP contribution is -2.37. The summed E-state index contributed by atoms with van der Waals surface area (Å²) in [6, 6.07) is 14.4. The molecular weight excluding hydrogens is 283 g/mol. The van der Waals surface area contributed by atoms with Crippen LogP contribution >= 0.6 is 23.2 Å². The van der Waals surface area contributed by atoms with Crippen molar-refractivity contribution >= 4 is 40.5 Å². The molecule has 98 valence electrons. The summed E-state index contributed by atoms with van der Waals surface area (Å²) in [6.45, 7) is 1.46. The molecule has 2 aromatic carbocycles. The molecule has 0 aliphatic carbocycles. The highest BCUT2D eigenvalue weighted by Crippen LogP contribution is 2.25. The van der Waals surface area contributed by atoms with Crippen LogP contribution in [0.2, 0.25) is 10.0 Å². The summed E-state index contributed by atoms with van der Waals surface area (Å²) in [5.74, 6) is -0.162. The van der Waals surface area contributed by atoms with Gasteiger partial charge in [0.2, 0.25) is 5.91 Å². The number of hydrogen-bond acceptors (Lipinski definition) is 2. The van der Waals surface area contributed by atoms with Crippen LogP contribution in [0, 0.1) is 0 Å². The first-order valence-electron chi connectivity index (χ1n) is 5.65. The average Bonchev–Trinajstić information content (AvgIpc) is 2.38. The molecule has 0 unspecified atom stereocenters. The maximum atomic E-state index is 11.3. The summed E-state index contributed by atoms with van der Waals surface area (Å²) in [6.07, 6.45) is 0. The van der Waals surface area contributed by atoms with Crippen LogP contribution in [0.1, 0.15) is 6.92 Å². The number of hydrogen-bond donors (Lipinski definition) is 1. The van der Waals surface area contributed by atoms with E-state index < -0.39 is 0 Å². The van der Waals surface area contributed by atoms with Gasteiger partial charge in [-0.25, -0.2) is 0 Å². The summed E-state index contributed by atoms with van der Waals surface area (Å²) in [4.78, 5) is 11.3. The Labute approximate surface area is 121 Å². The maximum absolute atomic E-state index is 11.3. The van der Waals surface area contributed by atoms with Gasteiger partial charge < -0.3 is 0 Å². The van der Waals surface area contributed by atoms with E-state index in [0.29, 0.717) is 10.0 Å². The number of benzene rings is 2. The number of amides is 1. The molecule has 0 radical (unpaired) electrons. The first-order chi connectivity index (χ1) is 9.06. The lowest BCUT2D eigenvalue weighted by Gasteiger charge is -2.24. The van der Waals surface area contributed by atoms with Gasteiger partial charge in [0.25, 0.3) is 0 Å². The normalized spacial score (nSPS) is 10.1. The van der Waals surface area contributed by atoms with Crippen LogP contribution in [0.25, 0.3) is 0 Å². The zero-order valence-corrected chi connectivity index (χ0v) is 11.7. The molecule has 1 amide bonds. The minimum atomic E-state index is -0.162. The summed E-state index contributed by atoms with van der Waals surface area (Å²) < 4.78 is 0. The van der Waals surface area contributed by atoms with Gasteiger partial charge in [0.15, 0.2) is 0 Å². The summed E-state index contributed by atoms with van der Waals surface area (Å²) in [5.41, 5.74) is 4.37. The number of halogens is 2. The molecule has 19 heavy (non-hydrogen) atoms. The first-order valence-corrected chi connectivity index (χ1v) is 6.40. The molecule has 0 aromatic heterocycles. The molecule has 0 saturated heterocycles. The Bertz CT molecular complexity index is 522. The Morgan fingerprint density at radius 2 is 1.26 bits per heavy atom. The molecule has 0 aliphatic heterocycles. The van der Waals surface area contributed by atoms with E-state index >= 15 is 0 Å². The van der Waals surface area contributed by atoms with E-state index in [1.165, 1.54) is 6.92 Å². The van der Waals surface area contributed by atoms with Gasteiger partial charge in [-0.3, -0.25) is 15.2 Å². The van der Waals surface area contributed by atoms with Gasteiger partial charge in [-0.1, -0.05) is 23.2 Å². The van der Waals surface area contributed by atoms with E-state index in [1.807, 2.05) is 24.3 Å². The molecule has 0 atom stereocenters. The third-order valence-corrected chi connectivity index (χ3v) is 2.94. The van der Waals surface area contributed by atoms with Crippen molar-refractivity contribution in [2.24, 2.45) is 0 Å². The van der Waals surface area contributed by atoms with Crippen LogP contribution in [0.3, 0.4) is 0 Å². The minimum absolute atomic E-state index is 0.162. The average molecular weight is 295 g/mol. The number of nitrogens with one attached hydrogen (secondary N) is 1. The van der Waals surface area contributed by atoms with Crippen molar-refractivity contribution in [1.29, 1.82) is 0 Å². The van der Waals surface area contributed by atoms with Crippen LogP contribution in [0.15, 0.2) is 48.5 Å². The zero-order chi connectivity index (χ0) is 13.8. The second kappa shape index (κ2) is 5.95. The largest absolute Gasteiger partial charge is 0.274 e. The third kappa shape index (κ3) is 3.63. The molecule has 0 saturated carbocycles. The standard InChI is InChI=1S/C14H12Cl2N2O/c1-10(19)17-18(13-6-2-11(15)3-7-13)14-8-4-12(16)5-9-14/h2-9H,1H3,(H,17,19). The highest BCUT2D eigenvalue weighted by Gasteiger charge is 2.10. The van der Waals surface area contributed by atoms with Crippen molar-refractivity contribution < 1.29 is 4.79 Å². The highest BCUT2D eigenvalue weighted by molar-refractivity contribution is 6.31. The molecule has 2 rings (SSSR count). The van der Waals surface area contributed by atoms with Crippen LogP contribution in [0.4, 0.5) is 11.4 Å². The lowest BCUT2D eigenvalue weighted by molar-refractivity contribution is -0.118. The number of rotatable bonds is 3. The van der Waals surface area contributed by atoms with Gasteiger partial charge in [-0.05, 0) is 48.5 Å². The van der Waals surface area contributed by atoms with E-state index in [2.05, 4.69) is 5.43 Å². The van der Waals surface area contributed by atoms with E-state index in [1.54, 1.807) is 29.3 Å². The predicted molar refractivity (Wildman–Crippen MR) is 78.9 cm³/mol. The maximum Gasteiger partial charge on any atom is 0.235 e. The van der Waals surface area contributed by atoms with E-state index in [9.17, 15) is 4.79 Å². The highest BCUT2D eigenvalue weighted by atomic mass is 35.5. The van der Waals surface area contributed by atoms with Gasteiger partial charge in [-0.2, -0.15) is 0 Å². The van der Waals surface area contributed by atoms with Crippen molar-refractivity contribution in [2.45, 2.75) is 6.92 Å².